The van der Waals surface area contributed by atoms with Gasteiger partial charge in [-0.25, -0.2) is 5.43 Å². The van der Waals surface area contributed by atoms with Gasteiger partial charge in [0.05, 0.1) is 11.1 Å². The Balaban J connectivity index is 1.91. The van der Waals surface area contributed by atoms with Crippen LogP contribution in [-0.4, -0.2) is 33.4 Å². The van der Waals surface area contributed by atoms with E-state index in [0.29, 0.717) is 11.3 Å². The summed E-state index contributed by atoms with van der Waals surface area (Å²) in [6.07, 6.45) is 0.317. The van der Waals surface area contributed by atoms with Gasteiger partial charge in [0.15, 0.2) is 6.10 Å². The molecular weight excluding hydrogens is 330 g/mol. The molecule has 2 rings (SSSR count). The van der Waals surface area contributed by atoms with Gasteiger partial charge in [-0.05, 0) is 31.2 Å². The summed E-state index contributed by atoms with van der Waals surface area (Å²) in [5.74, 6) is -0.529. The Labute approximate surface area is 142 Å². The Morgan fingerprint density at radius 1 is 1.28 bits per heavy atom. The van der Waals surface area contributed by atoms with Gasteiger partial charge >= 0.3 is 0 Å². The molecular formula is C16H15N3O6. The molecule has 1 atom stereocenters. The van der Waals surface area contributed by atoms with Gasteiger partial charge in [0.25, 0.3) is 11.6 Å². The monoisotopic (exact) mass is 345 g/mol. The molecule has 0 saturated heterocycles. The van der Waals surface area contributed by atoms with Crippen LogP contribution < -0.4 is 10.2 Å². The minimum absolute atomic E-state index is 0.0808. The molecule has 0 heterocycles. The standard InChI is InChI=1S/C16H15N3O6/c1-10(25-14-6-3-12(4-7-14)19(23)24)16(22)18-17-9-11-2-5-13(20)8-15(11)21/h2-10,20-21H,1H3,(H,18,22)/b17-9+. The van der Waals surface area contributed by atoms with E-state index in [4.69, 9.17) is 4.74 Å². The summed E-state index contributed by atoms with van der Waals surface area (Å²) in [5.41, 5.74) is 2.47. The number of nitrogens with zero attached hydrogens (tertiary/aromatic N) is 2. The van der Waals surface area contributed by atoms with E-state index in [1.54, 1.807) is 0 Å². The fourth-order valence-electron chi connectivity index (χ4n) is 1.80. The lowest BCUT2D eigenvalue weighted by atomic mass is 10.2. The maximum Gasteiger partial charge on any atom is 0.280 e. The number of hydrazone groups is 1. The number of nitro groups is 1. The van der Waals surface area contributed by atoms with Gasteiger partial charge in [-0.1, -0.05) is 0 Å². The number of phenols is 2. The number of hydrogen-bond acceptors (Lipinski definition) is 7. The molecule has 130 valence electrons. The summed E-state index contributed by atoms with van der Waals surface area (Å²) >= 11 is 0. The third kappa shape index (κ3) is 4.93. The Kier molecular flexibility index (Phi) is 5.51. The summed E-state index contributed by atoms with van der Waals surface area (Å²) in [6, 6.07) is 9.25. The molecule has 9 nitrogen and oxygen atoms in total. The highest BCUT2D eigenvalue weighted by Gasteiger charge is 2.14. The first-order chi connectivity index (χ1) is 11.9. The van der Waals surface area contributed by atoms with Crippen molar-refractivity contribution in [2.45, 2.75) is 13.0 Å². The molecule has 0 aliphatic heterocycles. The van der Waals surface area contributed by atoms with Crippen molar-refractivity contribution in [2.75, 3.05) is 0 Å². The van der Waals surface area contributed by atoms with Crippen LogP contribution in [0.25, 0.3) is 0 Å². The van der Waals surface area contributed by atoms with Crippen LogP contribution in [0.1, 0.15) is 12.5 Å². The van der Waals surface area contributed by atoms with E-state index in [2.05, 4.69) is 10.5 Å². The van der Waals surface area contributed by atoms with E-state index in [9.17, 15) is 25.1 Å². The minimum atomic E-state index is -0.896. The predicted molar refractivity (Wildman–Crippen MR) is 88.7 cm³/mol. The molecule has 25 heavy (non-hydrogen) atoms. The molecule has 3 N–H and O–H groups in total. The van der Waals surface area contributed by atoms with Crippen molar-refractivity contribution in [2.24, 2.45) is 5.10 Å². The van der Waals surface area contributed by atoms with Gasteiger partial charge in [0.1, 0.15) is 17.2 Å². The highest BCUT2D eigenvalue weighted by molar-refractivity contribution is 5.86. The number of rotatable bonds is 6. The number of carbonyl (C=O) groups is 1. The highest BCUT2D eigenvalue weighted by atomic mass is 16.6. The minimum Gasteiger partial charge on any atom is -0.508 e. The summed E-state index contributed by atoms with van der Waals surface area (Å²) in [4.78, 5) is 21.9. The number of phenolic OH excluding ortho intramolecular Hbond substituents is 2. The fraction of sp³-hybridized carbons (Fsp3) is 0.125. The molecule has 0 aliphatic rings. The van der Waals surface area contributed by atoms with Crippen molar-refractivity contribution in [3.8, 4) is 17.2 Å². The summed E-state index contributed by atoms with van der Waals surface area (Å²) in [6.45, 7) is 1.49. The van der Waals surface area contributed by atoms with Gasteiger partial charge < -0.3 is 14.9 Å². The molecule has 0 radical (unpaired) electrons. The van der Waals surface area contributed by atoms with Crippen molar-refractivity contribution in [1.82, 2.24) is 5.43 Å². The van der Waals surface area contributed by atoms with Gasteiger partial charge in [0, 0.05) is 23.8 Å². The van der Waals surface area contributed by atoms with Gasteiger partial charge in [0.2, 0.25) is 0 Å². The van der Waals surface area contributed by atoms with Gasteiger partial charge in [-0.15, -0.1) is 0 Å². The SMILES string of the molecule is CC(Oc1ccc([N+](=O)[O-])cc1)C(=O)N/N=C/c1ccc(O)cc1O. The number of benzene rings is 2. The third-order valence-corrected chi connectivity index (χ3v) is 3.12. The number of hydrogen-bond donors (Lipinski definition) is 3. The first-order valence-electron chi connectivity index (χ1n) is 7.13. The lowest BCUT2D eigenvalue weighted by molar-refractivity contribution is -0.384. The lowest BCUT2D eigenvalue weighted by Crippen LogP contribution is -2.33. The second kappa shape index (κ2) is 7.77. The Morgan fingerprint density at radius 3 is 2.56 bits per heavy atom. The van der Waals surface area contributed by atoms with E-state index < -0.39 is 16.9 Å². The van der Waals surface area contributed by atoms with Crippen LogP contribution in [0.5, 0.6) is 17.2 Å². The molecule has 0 spiro atoms. The van der Waals surface area contributed by atoms with Crippen LogP contribution >= 0.6 is 0 Å². The van der Waals surface area contributed by atoms with Crippen LogP contribution in [0.15, 0.2) is 47.6 Å². The van der Waals surface area contributed by atoms with Crippen LogP contribution in [0.2, 0.25) is 0 Å². The van der Waals surface area contributed by atoms with E-state index in [-0.39, 0.29) is 17.2 Å². The molecule has 0 saturated carbocycles. The van der Waals surface area contributed by atoms with Crippen molar-refractivity contribution in [1.29, 1.82) is 0 Å². The predicted octanol–water partition coefficient (Wildman–Crippen LogP) is 1.92. The summed E-state index contributed by atoms with van der Waals surface area (Å²) < 4.78 is 5.36. The Morgan fingerprint density at radius 2 is 1.96 bits per heavy atom. The molecule has 2 aromatic rings. The van der Waals surface area contributed by atoms with Crippen molar-refractivity contribution < 1.29 is 24.7 Å². The number of amides is 1. The topological polar surface area (TPSA) is 134 Å². The van der Waals surface area contributed by atoms with Crippen molar-refractivity contribution >= 4 is 17.8 Å². The molecule has 0 bridgehead atoms. The number of non-ortho nitro benzene ring substituents is 1. The van der Waals surface area contributed by atoms with E-state index >= 15 is 0 Å². The summed E-state index contributed by atoms with van der Waals surface area (Å²) in [5, 5.41) is 33.0. The average molecular weight is 345 g/mol. The number of ether oxygens (including phenoxy) is 1. The fourth-order valence-corrected chi connectivity index (χ4v) is 1.80. The third-order valence-electron chi connectivity index (χ3n) is 3.12. The second-order valence-corrected chi connectivity index (χ2v) is 4.99. The molecule has 9 heteroatoms. The first-order valence-corrected chi connectivity index (χ1v) is 7.13. The molecule has 0 aliphatic carbocycles. The van der Waals surface area contributed by atoms with Crippen molar-refractivity contribution in [3.63, 3.8) is 0 Å². The zero-order chi connectivity index (χ0) is 18.4. The number of carbonyl (C=O) groups excluding carboxylic acids is 1. The normalized spacial score (nSPS) is 11.9. The van der Waals surface area contributed by atoms with Crippen LogP contribution in [0, 0.1) is 10.1 Å². The first kappa shape index (κ1) is 17.7. The molecule has 0 aromatic heterocycles. The number of aromatic hydroxyl groups is 2. The van der Waals surface area contributed by atoms with Crippen LogP contribution in [-0.2, 0) is 4.79 Å². The van der Waals surface area contributed by atoms with E-state index in [1.165, 1.54) is 49.5 Å². The average Bonchev–Trinajstić information content (AvgIpc) is 2.57. The molecule has 0 fully saturated rings. The Bertz CT molecular complexity index is 804. The van der Waals surface area contributed by atoms with Crippen LogP contribution in [0.4, 0.5) is 5.69 Å². The maximum atomic E-state index is 11.9. The Hall–Kier alpha value is -3.62. The number of nitro benzene ring substituents is 1. The molecule has 1 amide bonds. The lowest BCUT2D eigenvalue weighted by Gasteiger charge is -2.12. The summed E-state index contributed by atoms with van der Waals surface area (Å²) in [7, 11) is 0. The largest absolute Gasteiger partial charge is 0.508 e. The van der Waals surface area contributed by atoms with Gasteiger partial charge in [-0.3, -0.25) is 14.9 Å². The van der Waals surface area contributed by atoms with Gasteiger partial charge in [-0.2, -0.15) is 5.10 Å². The smallest absolute Gasteiger partial charge is 0.280 e. The number of nitrogens with one attached hydrogen (secondary N) is 1. The van der Waals surface area contributed by atoms with E-state index in [1.807, 2.05) is 0 Å². The van der Waals surface area contributed by atoms with E-state index in [0.717, 1.165) is 6.07 Å². The molecule has 2 aromatic carbocycles. The molecule has 1 unspecified atom stereocenters. The highest BCUT2D eigenvalue weighted by Crippen LogP contribution is 2.21. The maximum absolute atomic E-state index is 11.9. The quantitative estimate of drug-likeness (QED) is 0.416. The van der Waals surface area contributed by atoms with Crippen LogP contribution in [0.3, 0.4) is 0 Å². The second-order valence-electron chi connectivity index (χ2n) is 4.99. The zero-order valence-corrected chi connectivity index (χ0v) is 13.1. The zero-order valence-electron chi connectivity index (χ0n) is 13.1. The van der Waals surface area contributed by atoms with Crippen molar-refractivity contribution in [3.05, 3.63) is 58.1 Å².